The molecule has 0 unspecified atom stereocenters. The number of amides is 1. The van der Waals surface area contributed by atoms with Crippen LogP contribution in [0.4, 0.5) is 11.5 Å². The molecular weight excluding hydrogens is 462 g/mol. The van der Waals surface area contributed by atoms with Crippen molar-refractivity contribution in [3.63, 3.8) is 0 Å². The Morgan fingerprint density at radius 1 is 1.03 bits per heavy atom. The molecule has 0 aliphatic carbocycles. The lowest BCUT2D eigenvalue weighted by Gasteiger charge is -2.20. The molecule has 0 atom stereocenters. The quantitative estimate of drug-likeness (QED) is 0.372. The highest BCUT2D eigenvalue weighted by atomic mass is 32.2. The standard InChI is InChI=1S/C26H23N5O3S/c27-26-22-16-17(8-10-18(22)12-14-29-26)9-11-25(32)30-31-15-13-20-19(5-3-6-23(20)31)21-4-1-2-7-24(21)35(28,33)34/h1-12,14,16H,13,15H2,(H2,27,29)(H,30,32)(H2,28,33,34). The number of nitrogens with zero attached hydrogens (tertiary/aromatic N) is 2. The van der Waals surface area contributed by atoms with Gasteiger partial charge in [0.1, 0.15) is 5.82 Å². The summed E-state index contributed by atoms with van der Waals surface area (Å²) in [6, 6.07) is 19.9. The van der Waals surface area contributed by atoms with E-state index in [0.29, 0.717) is 24.3 Å². The van der Waals surface area contributed by atoms with Gasteiger partial charge in [-0.05, 0) is 58.8 Å². The molecule has 1 aromatic heterocycles. The first kappa shape index (κ1) is 22.6. The van der Waals surface area contributed by atoms with Crippen molar-refractivity contribution in [2.45, 2.75) is 11.3 Å². The van der Waals surface area contributed by atoms with Gasteiger partial charge in [0.2, 0.25) is 10.0 Å². The van der Waals surface area contributed by atoms with Crippen LogP contribution in [0.2, 0.25) is 0 Å². The maximum Gasteiger partial charge on any atom is 0.262 e. The molecule has 1 aliphatic heterocycles. The minimum atomic E-state index is -3.89. The summed E-state index contributed by atoms with van der Waals surface area (Å²) in [6.07, 6.45) is 5.49. The van der Waals surface area contributed by atoms with Crippen molar-refractivity contribution in [3.05, 3.63) is 90.1 Å². The first-order valence-electron chi connectivity index (χ1n) is 11.0. The molecule has 9 heteroatoms. The molecule has 0 spiro atoms. The number of carbonyl (C=O) groups is 1. The number of hydrazine groups is 1. The number of nitrogen functional groups attached to an aromatic ring is 1. The van der Waals surface area contributed by atoms with Crippen LogP contribution in [0.15, 0.2) is 83.9 Å². The van der Waals surface area contributed by atoms with Gasteiger partial charge in [0.05, 0.1) is 10.6 Å². The van der Waals surface area contributed by atoms with E-state index < -0.39 is 10.0 Å². The van der Waals surface area contributed by atoms with Gasteiger partial charge < -0.3 is 5.73 Å². The van der Waals surface area contributed by atoms with E-state index in [-0.39, 0.29) is 10.8 Å². The molecule has 0 radical (unpaired) electrons. The average molecular weight is 486 g/mol. The van der Waals surface area contributed by atoms with Crippen LogP contribution in [-0.2, 0) is 21.2 Å². The number of anilines is 2. The Hall–Kier alpha value is -4.21. The zero-order valence-corrected chi connectivity index (χ0v) is 19.5. The Labute approximate surface area is 202 Å². The Morgan fingerprint density at radius 2 is 1.83 bits per heavy atom. The van der Waals surface area contributed by atoms with Gasteiger partial charge in [-0.3, -0.25) is 15.2 Å². The normalized spacial score (nSPS) is 13.3. The molecule has 176 valence electrons. The summed E-state index contributed by atoms with van der Waals surface area (Å²) in [7, 11) is -3.89. The zero-order chi connectivity index (χ0) is 24.6. The Kier molecular flexibility index (Phi) is 5.72. The lowest BCUT2D eigenvalue weighted by atomic mass is 9.98. The maximum atomic E-state index is 12.7. The maximum absolute atomic E-state index is 12.7. The number of hydrogen-bond donors (Lipinski definition) is 3. The number of carbonyl (C=O) groups excluding carboxylic acids is 1. The average Bonchev–Trinajstić information content (AvgIpc) is 3.25. The van der Waals surface area contributed by atoms with Crippen LogP contribution in [0.3, 0.4) is 0 Å². The Morgan fingerprint density at radius 3 is 2.66 bits per heavy atom. The number of hydrogen-bond acceptors (Lipinski definition) is 6. The van der Waals surface area contributed by atoms with Gasteiger partial charge in [-0.1, -0.05) is 42.5 Å². The molecule has 0 fully saturated rings. The first-order valence-corrected chi connectivity index (χ1v) is 12.5. The molecule has 8 nitrogen and oxygen atoms in total. The second kappa shape index (κ2) is 8.86. The fraction of sp³-hybridized carbons (Fsp3) is 0.0769. The Balaban J connectivity index is 1.38. The summed E-state index contributed by atoms with van der Waals surface area (Å²) in [4.78, 5) is 16.9. The monoisotopic (exact) mass is 485 g/mol. The molecule has 3 aromatic carbocycles. The predicted molar refractivity (Wildman–Crippen MR) is 138 cm³/mol. The van der Waals surface area contributed by atoms with Gasteiger partial charge in [-0.15, -0.1) is 0 Å². The number of rotatable bonds is 5. The van der Waals surface area contributed by atoms with Crippen LogP contribution in [0, 0.1) is 0 Å². The zero-order valence-electron chi connectivity index (χ0n) is 18.7. The van der Waals surface area contributed by atoms with Gasteiger partial charge in [0.15, 0.2) is 0 Å². The second-order valence-corrected chi connectivity index (χ2v) is 9.76. The van der Waals surface area contributed by atoms with Gasteiger partial charge in [0.25, 0.3) is 5.91 Å². The van der Waals surface area contributed by atoms with Crippen molar-refractivity contribution in [2.24, 2.45) is 5.14 Å². The molecule has 1 amide bonds. The molecular formula is C26H23N5O3S. The van der Waals surface area contributed by atoms with E-state index >= 15 is 0 Å². The molecule has 5 N–H and O–H groups in total. The van der Waals surface area contributed by atoms with Gasteiger partial charge in [-0.25, -0.2) is 18.5 Å². The number of primary sulfonamides is 1. The van der Waals surface area contributed by atoms with Crippen LogP contribution in [0.5, 0.6) is 0 Å². The molecule has 4 aromatic rings. The molecule has 0 bridgehead atoms. The molecule has 35 heavy (non-hydrogen) atoms. The van der Waals surface area contributed by atoms with Gasteiger partial charge in [-0.2, -0.15) is 0 Å². The van der Waals surface area contributed by atoms with Crippen molar-refractivity contribution < 1.29 is 13.2 Å². The van der Waals surface area contributed by atoms with Crippen molar-refractivity contribution in [1.82, 2.24) is 10.4 Å². The highest BCUT2D eigenvalue weighted by Gasteiger charge is 2.25. The summed E-state index contributed by atoms with van der Waals surface area (Å²) in [5.74, 6) is 0.156. The van der Waals surface area contributed by atoms with Crippen molar-refractivity contribution in [2.75, 3.05) is 17.3 Å². The summed E-state index contributed by atoms with van der Waals surface area (Å²) < 4.78 is 24.2. The van der Waals surface area contributed by atoms with Crippen molar-refractivity contribution in [1.29, 1.82) is 0 Å². The summed E-state index contributed by atoms with van der Waals surface area (Å²) in [5.41, 5.74) is 12.8. The van der Waals surface area contributed by atoms with E-state index in [4.69, 9.17) is 10.9 Å². The lowest BCUT2D eigenvalue weighted by molar-refractivity contribution is -0.116. The van der Waals surface area contributed by atoms with Crippen molar-refractivity contribution >= 4 is 44.3 Å². The van der Waals surface area contributed by atoms with Crippen LogP contribution in [-0.4, -0.2) is 25.9 Å². The summed E-state index contributed by atoms with van der Waals surface area (Å²) >= 11 is 0. The third kappa shape index (κ3) is 4.46. The highest BCUT2D eigenvalue weighted by molar-refractivity contribution is 7.89. The number of nitrogens with two attached hydrogens (primary N) is 2. The minimum Gasteiger partial charge on any atom is -0.383 e. The molecule has 5 rings (SSSR count). The number of fused-ring (bicyclic) bond motifs is 2. The molecule has 0 saturated carbocycles. The summed E-state index contributed by atoms with van der Waals surface area (Å²) in [6.45, 7) is 0.557. The smallest absolute Gasteiger partial charge is 0.262 e. The third-order valence-electron chi connectivity index (χ3n) is 6.00. The molecule has 2 heterocycles. The Bertz CT molecular complexity index is 1600. The van der Waals surface area contributed by atoms with E-state index in [9.17, 15) is 13.2 Å². The number of nitrogens with one attached hydrogen (secondary N) is 1. The third-order valence-corrected chi connectivity index (χ3v) is 6.97. The number of pyridine rings is 1. The number of benzene rings is 3. The predicted octanol–water partition coefficient (Wildman–Crippen LogP) is 3.24. The van der Waals surface area contributed by atoms with Crippen LogP contribution < -0.4 is 21.3 Å². The van der Waals surface area contributed by atoms with E-state index in [1.54, 1.807) is 35.5 Å². The van der Waals surface area contributed by atoms with Crippen LogP contribution in [0.25, 0.3) is 28.0 Å². The SMILES string of the molecule is Nc1nccc2ccc(C=CC(=O)NN3CCc4c(-c5ccccc5S(N)(=O)=O)cccc43)cc12. The first-order chi connectivity index (χ1) is 16.8. The number of sulfonamides is 1. The van der Waals surface area contributed by atoms with E-state index in [1.165, 1.54) is 12.1 Å². The van der Waals surface area contributed by atoms with Gasteiger partial charge >= 0.3 is 0 Å². The summed E-state index contributed by atoms with van der Waals surface area (Å²) in [5, 5.41) is 9.02. The highest BCUT2D eigenvalue weighted by Crippen LogP contribution is 2.37. The van der Waals surface area contributed by atoms with Gasteiger partial charge in [0, 0.05) is 29.8 Å². The van der Waals surface area contributed by atoms with Crippen molar-refractivity contribution in [3.8, 4) is 11.1 Å². The van der Waals surface area contributed by atoms with Crippen LogP contribution in [0.1, 0.15) is 11.1 Å². The topological polar surface area (TPSA) is 131 Å². The minimum absolute atomic E-state index is 0.0741. The molecule has 0 saturated heterocycles. The van der Waals surface area contributed by atoms with Crippen LogP contribution >= 0.6 is 0 Å². The lowest BCUT2D eigenvalue weighted by Crippen LogP contribution is -2.40. The number of aromatic nitrogens is 1. The largest absolute Gasteiger partial charge is 0.383 e. The molecule has 1 aliphatic rings. The fourth-order valence-corrected chi connectivity index (χ4v) is 5.15. The van der Waals surface area contributed by atoms with E-state index in [1.807, 2.05) is 42.5 Å². The fourth-order valence-electron chi connectivity index (χ4n) is 4.39. The van der Waals surface area contributed by atoms with E-state index in [2.05, 4.69) is 10.4 Å². The second-order valence-electron chi connectivity index (χ2n) is 8.23. The van der Waals surface area contributed by atoms with E-state index in [0.717, 1.165) is 33.2 Å².